The summed E-state index contributed by atoms with van der Waals surface area (Å²) in [5.74, 6) is 3.18. The fraction of sp³-hybridized carbons (Fsp3) is 0.590. The molecule has 0 spiro atoms. The number of benzene rings is 2. The van der Waals surface area contributed by atoms with Crippen molar-refractivity contribution >= 4 is 12.4 Å². The second kappa shape index (κ2) is 18.1. The van der Waals surface area contributed by atoms with E-state index in [1.54, 1.807) is 6.92 Å². The molecule has 0 radical (unpaired) electrons. The predicted octanol–water partition coefficient (Wildman–Crippen LogP) is 9.80. The molecule has 5 heteroatoms. The Morgan fingerprint density at radius 3 is 2.05 bits per heavy atom. The molecule has 2 aromatic carbocycles. The molecule has 2 saturated carbocycles. The van der Waals surface area contributed by atoms with Crippen molar-refractivity contribution in [2.24, 2.45) is 23.7 Å². The van der Waals surface area contributed by atoms with E-state index in [4.69, 9.17) is 9.47 Å². The van der Waals surface area contributed by atoms with Crippen molar-refractivity contribution < 1.29 is 23.5 Å². The van der Waals surface area contributed by atoms with Crippen molar-refractivity contribution in [1.82, 2.24) is 0 Å². The fourth-order valence-electron chi connectivity index (χ4n) is 7.76. The van der Waals surface area contributed by atoms with E-state index >= 15 is 0 Å². The van der Waals surface area contributed by atoms with Crippen LogP contribution in [0.4, 0.5) is 4.39 Å². The molecule has 44 heavy (non-hydrogen) atoms. The Balaban J connectivity index is 1.20. The number of rotatable bonds is 17. The fourth-order valence-corrected chi connectivity index (χ4v) is 7.76. The molecular weight excluding hydrogens is 551 g/mol. The molecule has 240 valence electrons. The van der Waals surface area contributed by atoms with Crippen molar-refractivity contribution in [2.75, 3.05) is 19.9 Å². The molecule has 1 unspecified atom stereocenters. The van der Waals surface area contributed by atoms with Crippen LogP contribution in [-0.2, 0) is 25.5 Å². The van der Waals surface area contributed by atoms with Gasteiger partial charge in [-0.1, -0.05) is 55.1 Å². The number of halogens is 1. The van der Waals surface area contributed by atoms with Crippen molar-refractivity contribution in [3.63, 3.8) is 0 Å². The van der Waals surface area contributed by atoms with E-state index in [0.717, 1.165) is 43.9 Å². The number of esters is 1. The van der Waals surface area contributed by atoms with E-state index in [9.17, 15) is 14.0 Å². The first-order chi connectivity index (χ1) is 21.5. The molecule has 4 rings (SSSR count). The van der Waals surface area contributed by atoms with Crippen LogP contribution in [-0.4, -0.2) is 32.3 Å². The van der Waals surface area contributed by atoms with Gasteiger partial charge in [0, 0.05) is 5.57 Å². The summed E-state index contributed by atoms with van der Waals surface area (Å²) in [6.07, 6.45) is 15.6. The maximum atomic E-state index is 12.4. The predicted molar refractivity (Wildman–Crippen MR) is 176 cm³/mol. The number of ether oxygens (including phenoxy) is 2. The molecule has 0 amide bonds. The lowest BCUT2D eigenvalue weighted by Crippen LogP contribution is -2.28. The third-order valence-electron chi connectivity index (χ3n) is 10.4. The summed E-state index contributed by atoms with van der Waals surface area (Å²) in [6.45, 7) is 6.54. The van der Waals surface area contributed by atoms with Gasteiger partial charge in [-0.2, -0.15) is 0 Å². The standard InChI is InChI=1S/C39H53FO4/c1-29(2)39(42)44-26-5-7-31(24-27-43-28-41)33-12-14-35(15-13-33)37-20-22-38(23-21-37)36-18-16-34(17-19-36)32-10-8-30(9-11-32)6-3-4-25-40/h8-11,16-19,28,31,33,35,37-38H,1,3-7,12-15,20-27H2,2H3. The summed E-state index contributed by atoms with van der Waals surface area (Å²) in [5, 5.41) is 0. The molecule has 2 aliphatic carbocycles. The zero-order valence-electron chi connectivity index (χ0n) is 26.8. The molecule has 0 saturated heterocycles. The minimum atomic E-state index is -0.317. The Morgan fingerprint density at radius 2 is 1.45 bits per heavy atom. The lowest BCUT2D eigenvalue weighted by molar-refractivity contribution is -0.139. The van der Waals surface area contributed by atoms with E-state index in [2.05, 4.69) is 55.1 Å². The van der Waals surface area contributed by atoms with Crippen molar-refractivity contribution in [3.8, 4) is 11.1 Å². The number of alkyl halides is 1. The molecule has 0 N–H and O–H groups in total. The topological polar surface area (TPSA) is 52.6 Å². The first-order valence-corrected chi connectivity index (χ1v) is 17.1. The number of hydrogen-bond acceptors (Lipinski definition) is 4. The highest BCUT2D eigenvalue weighted by Crippen LogP contribution is 2.46. The van der Waals surface area contributed by atoms with Gasteiger partial charge in [-0.25, -0.2) is 4.79 Å². The van der Waals surface area contributed by atoms with Gasteiger partial charge in [-0.15, -0.1) is 0 Å². The zero-order chi connectivity index (χ0) is 31.1. The van der Waals surface area contributed by atoms with Gasteiger partial charge in [0.05, 0.1) is 19.9 Å². The van der Waals surface area contributed by atoms with Crippen molar-refractivity contribution in [3.05, 3.63) is 71.8 Å². The quantitative estimate of drug-likeness (QED) is 0.0781. The Bertz CT molecular complexity index is 1140. The third-order valence-corrected chi connectivity index (χ3v) is 10.4. The van der Waals surface area contributed by atoms with Gasteiger partial charge in [0.25, 0.3) is 6.47 Å². The van der Waals surface area contributed by atoms with E-state index in [1.165, 1.54) is 73.6 Å². The lowest BCUT2D eigenvalue weighted by atomic mass is 9.66. The molecule has 0 aliphatic heterocycles. The summed E-state index contributed by atoms with van der Waals surface area (Å²) in [4.78, 5) is 22.4. The molecule has 2 fully saturated rings. The van der Waals surface area contributed by atoms with Crippen LogP contribution in [0.2, 0.25) is 0 Å². The minimum Gasteiger partial charge on any atom is -0.468 e. The minimum absolute atomic E-state index is 0.227. The Kier molecular flexibility index (Phi) is 14.0. The molecule has 1 atom stereocenters. The average molecular weight is 605 g/mol. The number of hydrogen-bond donors (Lipinski definition) is 0. The van der Waals surface area contributed by atoms with Crippen LogP contribution >= 0.6 is 0 Å². The summed E-state index contributed by atoms with van der Waals surface area (Å²) in [6, 6.07) is 18.0. The molecule has 0 bridgehead atoms. The number of carbonyl (C=O) groups is 2. The normalized spacial score (nSPS) is 22.6. The van der Waals surface area contributed by atoms with Crippen LogP contribution in [0.25, 0.3) is 11.1 Å². The van der Waals surface area contributed by atoms with E-state index in [1.807, 2.05) is 0 Å². The molecule has 0 aromatic heterocycles. The first kappa shape index (κ1) is 33.9. The van der Waals surface area contributed by atoms with Crippen molar-refractivity contribution in [1.29, 1.82) is 0 Å². The maximum Gasteiger partial charge on any atom is 0.333 e. The molecule has 2 aromatic rings. The van der Waals surface area contributed by atoms with Gasteiger partial charge in [0.15, 0.2) is 0 Å². The highest BCUT2D eigenvalue weighted by Gasteiger charge is 2.33. The second-order valence-corrected chi connectivity index (χ2v) is 13.3. The van der Waals surface area contributed by atoms with Gasteiger partial charge in [-0.3, -0.25) is 9.18 Å². The van der Waals surface area contributed by atoms with E-state index in [-0.39, 0.29) is 12.6 Å². The molecule has 4 nitrogen and oxygen atoms in total. The van der Waals surface area contributed by atoms with Crippen LogP contribution in [0, 0.1) is 23.7 Å². The lowest BCUT2D eigenvalue weighted by Gasteiger charge is -2.40. The third kappa shape index (κ3) is 10.3. The highest BCUT2D eigenvalue weighted by atomic mass is 19.1. The van der Waals surface area contributed by atoms with Crippen molar-refractivity contribution in [2.45, 2.75) is 103 Å². The summed E-state index contributed by atoms with van der Waals surface area (Å²) in [7, 11) is 0. The van der Waals surface area contributed by atoms with E-state index in [0.29, 0.717) is 49.4 Å². The maximum absolute atomic E-state index is 12.4. The number of unbranched alkanes of at least 4 members (excludes halogenated alkanes) is 1. The Morgan fingerprint density at radius 1 is 0.841 bits per heavy atom. The van der Waals surface area contributed by atoms with Crippen LogP contribution in [0.3, 0.4) is 0 Å². The Hall–Kier alpha value is -2.95. The average Bonchev–Trinajstić information content (AvgIpc) is 3.06. The molecule has 0 heterocycles. The SMILES string of the molecule is C=C(C)C(=O)OCCCC(CCOC=O)C1CCC(C2CCC(c3ccc(-c4ccc(CCCCF)cc4)cc3)CC2)CC1. The smallest absolute Gasteiger partial charge is 0.333 e. The van der Waals surface area contributed by atoms with Gasteiger partial charge in [-0.05, 0) is 149 Å². The van der Waals surface area contributed by atoms with Crippen LogP contribution in [0.1, 0.15) is 107 Å². The molecule has 2 aliphatic rings. The van der Waals surface area contributed by atoms with E-state index < -0.39 is 0 Å². The Labute approximate surface area is 264 Å². The van der Waals surface area contributed by atoms with Gasteiger partial charge < -0.3 is 9.47 Å². The molecular formula is C39H53FO4. The van der Waals surface area contributed by atoms with Crippen LogP contribution < -0.4 is 0 Å². The second-order valence-electron chi connectivity index (χ2n) is 13.3. The van der Waals surface area contributed by atoms with Crippen LogP contribution in [0.15, 0.2) is 60.7 Å². The summed E-state index contributed by atoms with van der Waals surface area (Å²) >= 11 is 0. The first-order valence-electron chi connectivity index (χ1n) is 17.1. The van der Waals surface area contributed by atoms with Gasteiger partial charge in [0.1, 0.15) is 0 Å². The number of aryl methyl sites for hydroxylation is 1. The largest absolute Gasteiger partial charge is 0.468 e. The van der Waals surface area contributed by atoms with Crippen LogP contribution in [0.5, 0.6) is 0 Å². The monoisotopic (exact) mass is 604 g/mol. The highest BCUT2D eigenvalue weighted by molar-refractivity contribution is 5.86. The summed E-state index contributed by atoms with van der Waals surface area (Å²) < 4.78 is 22.7. The summed E-state index contributed by atoms with van der Waals surface area (Å²) in [5.41, 5.74) is 5.71. The van der Waals surface area contributed by atoms with Gasteiger partial charge in [0.2, 0.25) is 0 Å². The zero-order valence-corrected chi connectivity index (χ0v) is 26.8. The van der Waals surface area contributed by atoms with Gasteiger partial charge >= 0.3 is 5.97 Å². The number of carbonyl (C=O) groups excluding carboxylic acids is 2.